The van der Waals surface area contributed by atoms with Crippen LogP contribution in [-0.4, -0.2) is 36.9 Å². The van der Waals surface area contributed by atoms with Crippen LogP contribution in [0.5, 0.6) is 0 Å². The lowest BCUT2D eigenvalue weighted by molar-refractivity contribution is -0.117. The molecule has 6 heteroatoms. The van der Waals surface area contributed by atoms with Crippen LogP contribution < -0.4 is 10.6 Å². The molecule has 0 saturated carbocycles. The van der Waals surface area contributed by atoms with Crippen molar-refractivity contribution in [2.45, 2.75) is 12.5 Å². The predicted octanol–water partition coefficient (Wildman–Crippen LogP) is -0.00840. The van der Waals surface area contributed by atoms with Crippen molar-refractivity contribution in [2.75, 3.05) is 25.1 Å². The lowest BCUT2D eigenvalue weighted by Crippen LogP contribution is -2.43. The van der Waals surface area contributed by atoms with Crippen molar-refractivity contribution in [3.05, 3.63) is 12.3 Å². The summed E-state index contributed by atoms with van der Waals surface area (Å²) >= 11 is 0. The molecule has 0 bridgehead atoms. The van der Waals surface area contributed by atoms with Gasteiger partial charge in [0.25, 0.3) is 0 Å². The summed E-state index contributed by atoms with van der Waals surface area (Å²) in [4.78, 5) is 11.5. The van der Waals surface area contributed by atoms with E-state index in [0.717, 1.165) is 6.54 Å². The fourth-order valence-corrected chi connectivity index (χ4v) is 1.45. The Morgan fingerprint density at radius 3 is 3.33 bits per heavy atom. The van der Waals surface area contributed by atoms with Gasteiger partial charge >= 0.3 is 0 Å². The van der Waals surface area contributed by atoms with E-state index in [1.807, 2.05) is 0 Å². The number of anilines is 1. The summed E-state index contributed by atoms with van der Waals surface area (Å²) in [5.41, 5.74) is 0. The van der Waals surface area contributed by atoms with Gasteiger partial charge in [-0.25, -0.2) is 0 Å². The third-order valence-electron chi connectivity index (χ3n) is 2.14. The van der Waals surface area contributed by atoms with Crippen LogP contribution in [-0.2, 0) is 9.53 Å². The number of nitrogens with zero attached hydrogens (tertiary/aromatic N) is 1. The van der Waals surface area contributed by atoms with Gasteiger partial charge in [0.1, 0.15) is 6.26 Å². The van der Waals surface area contributed by atoms with E-state index in [9.17, 15) is 4.79 Å². The molecule has 82 valence electrons. The van der Waals surface area contributed by atoms with E-state index in [-0.39, 0.29) is 11.9 Å². The molecule has 0 aromatic carbocycles. The molecule has 2 heterocycles. The highest BCUT2D eigenvalue weighted by atomic mass is 16.5. The van der Waals surface area contributed by atoms with Crippen molar-refractivity contribution in [3.8, 4) is 0 Å². The average molecular weight is 211 g/mol. The molecular weight excluding hydrogens is 198 g/mol. The third-order valence-corrected chi connectivity index (χ3v) is 2.14. The number of ether oxygens (including phenoxy) is 1. The van der Waals surface area contributed by atoms with Gasteiger partial charge in [-0.15, -0.1) is 0 Å². The molecule has 1 aliphatic rings. The number of rotatable bonds is 3. The zero-order valence-electron chi connectivity index (χ0n) is 8.23. The molecule has 1 aromatic heterocycles. The van der Waals surface area contributed by atoms with Crippen LogP contribution in [0.15, 0.2) is 16.9 Å². The summed E-state index contributed by atoms with van der Waals surface area (Å²) < 4.78 is 9.84. The van der Waals surface area contributed by atoms with Gasteiger partial charge in [0.15, 0.2) is 5.82 Å². The Labute approximate surface area is 87.0 Å². The fraction of sp³-hybridized carbons (Fsp3) is 0.556. The molecular formula is C9H13N3O3. The fourth-order valence-electron chi connectivity index (χ4n) is 1.45. The Morgan fingerprint density at radius 2 is 2.67 bits per heavy atom. The van der Waals surface area contributed by atoms with Crippen molar-refractivity contribution in [3.63, 3.8) is 0 Å². The second-order valence-electron chi connectivity index (χ2n) is 3.36. The molecule has 6 nitrogen and oxygen atoms in total. The van der Waals surface area contributed by atoms with E-state index in [1.54, 1.807) is 6.07 Å². The highest BCUT2D eigenvalue weighted by Gasteiger charge is 2.17. The van der Waals surface area contributed by atoms with Crippen LogP contribution in [0.3, 0.4) is 0 Å². The third kappa shape index (κ3) is 3.03. The number of aromatic nitrogens is 1. The molecule has 0 aliphatic carbocycles. The molecule has 2 rings (SSSR count). The van der Waals surface area contributed by atoms with E-state index in [4.69, 9.17) is 4.74 Å². The minimum absolute atomic E-state index is 0.0886. The van der Waals surface area contributed by atoms with E-state index in [0.29, 0.717) is 25.5 Å². The molecule has 1 aliphatic heterocycles. The second-order valence-corrected chi connectivity index (χ2v) is 3.36. The monoisotopic (exact) mass is 211 g/mol. The quantitative estimate of drug-likeness (QED) is 0.735. The molecule has 0 spiro atoms. The highest BCUT2D eigenvalue weighted by molar-refractivity contribution is 5.90. The van der Waals surface area contributed by atoms with Crippen molar-refractivity contribution in [1.82, 2.24) is 10.5 Å². The first-order valence-electron chi connectivity index (χ1n) is 4.86. The van der Waals surface area contributed by atoms with Gasteiger partial charge in [-0.05, 0) is 0 Å². The molecule has 0 radical (unpaired) electrons. The van der Waals surface area contributed by atoms with Crippen LogP contribution in [0.25, 0.3) is 0 Å². The highest BCUT2D eigenvalue weighted by Crippen LogP contribution is 2.04. The molecule has 1 amide bonds. The average Bonchev–Trinajstić information content (AvgIpc) is 2.71. The Morgan fingerprint density at radius 1 is 1.73 bits per heavy atom. The maximum absolute atomic E-state index is 11.5. The minimum atomic E-state index is -0.0908. The number of amides is 1. The van der Waals surface area contributed by atoms with Gasteiger partial charge in [-0.3, -0.25) is 4.79 Å². The van der Waals surface area contributed by atoms with E-state index >= 15 is 0 Å². The predicted molar refractivity (Wildman–Crippen MR) is 52.4 cm³/mol. The standard InChI is InChI=1S/C9H13N3O3/c13-9(11-8-1-3-15-12-8)5-7-6-14-4-2-10-7/h1,3,7,10H,2,4-6H2,(H,11,12,13). The summed E-state index contributed by atoms with van der Waals surface area (Å²) in [6.45, 7) is 2.08. The minimum Gasteiger partial charge on any atom is -0.378 e. The molecule has 1 fully saturated rings. The number of carbonyl (C=O) groups excluding carboxylic acids is 1. The topological polar surface area (TPSA) is 76.4 Å². The number of hydrogen-bond acceptors (Lipinski definition) is 5. The van der Waals surface area contributed by atoms with Crippen molar-refractivity contribution in [1.29, 1.82) is 0 Å². The van der Waals surface area contributed by atoms with Gasteiger partial charge in [-0.1, -0.05) is 5.16 Å². The normalized spacial score (nSPS) is 21.2. The van der Waals surface area contributed by atoms with Gasteiger partial charge < -0.3 is 19.9 Å². The molecule has 1 unspecified atom stereocenters. The number of nitrogens with one attached hydrogen (secondary N) is 2. The SMILES string of the molecule is O=C(CC1COCCN1)Nc1ccon1. The lowest BCUT2D eigenvalue weighted by atomic mass is 10.2. The van der Waals surface area contributed by atoms with Crippen LogP contribution in [0.4, 0.5) is 5.82 Å². The number of morpholine rings is 1. The largest absolute Gasteiger partial charge is 0.378 e. The smallest absolute Gasteiger partial charge is 0.227 e. The summed E-state index contributed by atoms with van der Waals surface area (Å²) in [6, 6.07) is 1.69. The van der Waals surface area contributed by atoms with Crippen molar-refractivity contribution < 1.29 is 14.1 Å². The second kappa shape index (κ2) is 4.90. The van der Waals surface area contributed by atoms with Crippen LogP contribution in [0, 0.1) is 0 Å². The van der Waals surface area contributed by atoms with E-state index in [2.05, 4.69) is 20.3 Å². The zero-order chi connectivity index (χ0) is 10.5. The zero-order valence-corrected chi connectivity index (χ0v) is 8.23. The first kappa shape index (κ1) is 10.1. The molecule has 1 aromatic rings. The maximum atomic E-state index is 11.5. The lowest BCUT2D eigenvalue weighted by Gasteiger charge is -2.22. The van der Waals surface area contributed by atoms with E-state index < -0.39 is 0 Å². The van der Waals surface area contributed by atoms with Gasteiger partial charge in [0.2, 0.25) is 5.91 Å². The molecule has 15 heavy (non-hydrogen) atoms. The van der Waals surface area contributed by atoms with E-state index in [1.165, 1.54) is 6.26 Å². The Bertz CT molecular complexity index is 306. The van der Waals surface area contributed by atoms with Crippen molar-refractivity contribution >= 4 is 11.7 Å². The molecule has 1 saturated heterocycles. The molecule has 1 atom stereocenters. The Hall–Kier alpha value is -1.40. The van der Waals surface area contributed by atoms with Gasteiger partial charge in [0, 0.05) is 25.1 Å². The summed E-state index contributed by atoms with van der Waals surface area (Å²) in [6.07, 6.45) is 1.80. The summed E-state index contributed by atoms with van der Waals surface area (Å²) in [7, 11) is 0. The Balaban J connectivity index is 1.76. The molecule has 2 N–H and O–H groups in total. The number of hydrogen-bond donors (Lipinski definition) is 2. The summed E-state index contributed by atoms with van der Waals surface area (Å²) in [5, 5.41) is 9.42. The van der Waals surface area contributed by atoms with Crippen LogP contribution in [0.1, 0.15) is 6.42 Å². The van der Waals surface area contributed by atoms with Gasteiger partial charge in [0.05, 0.1) is 13.2 Å². The maximum Gasteiger partial charge on any atom is 0.227 e. The Kier molecular flexibility index (Phi) is 3.31. The first-order chi connectivity index (χ1) is 7.34. The first-order valence-corrected chi connectivity index (χ1v) is 4.86. The number of carbonyl (C=O) groups is 1. The van der Waals surface area contributed by atoms with Crippen LogP contribution in [0.2, 0.25) is 0 Å². The van der Waals surface area contributed by atoms with Crippen molar-refractivity contribution in [2.24, 2.45) is 0 Å². The van der Waals surface area contributed by atoms with Gasteiger partial charge in [-0.2, -0.15) is 0 Å². The summed E-state index contributed by atoms with van der Waals surface area (Å²) in [5.74, 6) is 0.351. The van der Waals surface area contributed by atoms with Crippen LogP contribution >= 0.6 is 0 Å².